The first kappa shape index (κ1) is 15.0. The molecule has 1 unspecified atom stereocenters. The van der Waals surface area contributed by atoms with Gasteiger partial charge in [-0.05, 0) is 65.2 Å². The second-order valence-corrected chi connectivity index (χ2v) is 7.64. The molecule has 1 atom stereocenters. The smallest absolute Gasteiger partial charge is 0.145 e. The topological polar surface area (TPSA) is 35.2 Å². The van der Waals surface area contributed by atoms with E-state index in [1.165, 1.54) is 0 Å². The van der Waals surface area contributed by atoms with Crippen LogP contribution in [0.5, 0.6) is 5.75 Å². The van der Waals surface area contributed by atoms with Gasteiger partial charge in [0.2, 0.25) is 0 Å². The van der Waals surface area contributed by atoms with Crippen LogP contribution in [-0.4, -0.2) is 6.54 Å². The van der Waals surface area contributed by atoms with Crippen molar-refractivity contribution in [2.75, 3.05) is 6.54 Å². The minimum Gasteiger partial charge on any atom is -0.484 e. The number of rotatable bonds is 4. The van der Waals surface area contributed by atoms with Crippen molar-refractivity contribution in [2.24, 2.45) is 5.73 Å². The highest BCUT2D eigenvalue weighted by Crippen LogP contribution is 2.32. The molecule has 0 amide bonds. The van der Waals surface area contributed by atoms with Crippen molar-refractivity contribution in [1.29, 1.82) is 0 Å². The Morgan fingerprint density at radius 1 is 1.21 bits per heavy atom. The lowest BCUT2D eigenvalue weighted by Crippen LogP contribution is -2.17. The first-order valence-electron chi connectivity index (χ1n) is 5.90. The van der Waals surface area contributed by atoms with Gasteiger partial charge in [-0.2, -0.15) is 0 Å². The van der Waals surface area contributed by atoms with E-state index < -0.39 is 0 Å². The molecule has 102 valence electrons. The molecule has 2 rings (SSSR count). The zero-order valence-electron chi connectivity index (χ0n) is 10.7. The third-order valence-corrected chi connectivity index (χ3v) is 5.78. The lowest BCUT2D eigenvalue weighted by atomic mass is 10.1. The van der Waals surface area contributed by atoms with Crippen LogP contribution in [0.2, 0.25) is 0 Å². The molecular weight excluding hydrogens is 390 g/mol. The van der Waals surface area contributed by atoms with Gasteiger partial charge in [-0.3, -0.25) is 0 Å². The summed E-state index contributed by atoms with van der Waals surface area (Å²) in [5, 5.41) is 0. The van der Waals surface area contributed by atoms with Crippen molar-refractivity contribution in [3.63, 3.8) is 0 Å². The predicted octanol–water partition coefficient (Wildman–Crippen LogP) is 4.97. The zero-order valence-corrected chi connectivity index (χ0v) is 14.7. The van der Waals surface area contributed by atoms with E-state index in [9.17, 15) is 0 Å². The fourth-order valence-corrected chi connectivity index (χ4v) is 3.56. The van der Waals surface area contributed by atoms with Crippen LogP contribution in [0.1, 0.15) is 22.1 Å². The Balaban J connectivity index is 2.23. The lowest BCUT2D eigenvalue weighted by Gasteiger charge is -2.17. The van der Waals surface area contributed by atoms with E-state index in [2.05, 4.69) is 45.7 Å². The molecule has 0 bridgehead atoms. The largest absolute Gasteiger partial charge is 0.484 e. The SMILES string of the molecule is Cc1cc(OC(CN)c2ccc(Br)s2)cc(C)c1Br. The van der Waals surface area contributed by atoms with Crippen LogP contribution in [0.4, 0.5) is 0 Å². The number of hydrogen-bond acceptors (Lipinski definition) is 3. The highest BCUT2D eigenvalue weighted by atomic mass is 79.9. The van der Waals surface area contributed by atoms with Gasteiger partial charge in [-0.25, -0.2) is 0 Å². The third-order valence-electron chi connectivity index (χ3n) is 2.81. The summed E-state index contributed by atoms with van der Waals surface area (Å²) < 4.78 is 8.24. The molecular formula is C14H15Br2NOS. The summed E-state index contributed by atoms with van der Waals surface area (Å²) in [6, 6.07) is 8.12. The van der Waals surface area contributed by atoms with Gasteiger partial charge in [-0.1, -0.05) is 15.9 Å². The number of aryl methyl sites for hydroxylation is 2. The maximum absolute atomic E-state index is 6.02. The standard InChI is InChI=1S/C14H15Br2NOS/c1-8-5-10(6-9(2)14(8)16)18-11(7-17)12-3-4-13(15)19-12/h3-6,11H,7,17H2,1-2H3. The van der Waals surface area contributed by atoms with Crippen molar-refractivity contribution >= 4 is 43.2 Å². The maximum Gasteiger partial charge on any atom is 0.145 e. The number of nitrogens with two attached hydrogens (primary N) is 1. The molecule has 0 radical (unpaired) electrons. The van der Waals surface area contributed by atoms with Crippen LogP contribution in [0.25, 0.3) is 0 Å². The Morgan fingerprint density at radius 2 is 1.84 bits per heavy atom. The fourth-order valence-electron chi connectivity index (χ4n) is 1.86. The molecule has 0 saturated carbocycles. The molecule has 2 aromatic rings. The van der Waals surface area contributed by atoms with E-state index in [0.717, 1.165) is 30.0 Å². The van der Waals surface area contributed by atoms with Crippen molar-refractivity contribution < 1.29 is 4.74 Å². The second kappa shape index (κ2) is 6.39. The van der Waals surface area contributed by atoms with E-state index >= 15 is 0 Å². The Hall–Kier alpha value is -0.360. The summed E-state index contributed by atoms with van der Waals surface area (Å²) in [5.41, 5.74) is 8.15. The van der Waals surface area contributed by atoms with Crippen LogP contribution < -0.4 is 10.5 Å². The van der Waals surface area contributed by atoms with Crippen molar-refractivity contribution in [1.82, 2.24) is 0 Å². The molecule has 0 fully saturated rings. The number of thiophene rings is 1. The van der Waals surface area contributed by atoms with Crippen LogP contribution >= 0.6 is 43.2 Å². The third kappa shape index (κ3) is 3.60. The number of halogens is 2. The van der Waals surface area contributed by atoms with Crippen molar-refractivity contribution in [3.8, 4) is 5.75 Å². The molecule has 19 heavy (non-hydrogen) atoms. The average Bonchev–Trinajstić information content (AvgIpc) is 2.79. The molecule has 1 heterocycles. The molecule has 2 nitrogen and oxygen atoms in total. The maximum atomic E-state index is 6.02. The summed E-state index contributed by atoms with van der Waals surface area (Å²) in [5.74, 6) is 0.859. The molecule has 5 heteroatoms. The number of benzene rings is 1. The Labute approximate surface area is 134 Å². The van der Waals surface area contributed by atoms with E-state index in [4.69, 9.17) is 10.5 Å². The summed E-state index contributed by atoms with van der Waals surface area (Å²) >= 11 is 8.68. The number of hydrogen-bond donors (Lipinski definition) is 1. The van der Waals surface area contributed by atoms with Crippen LogP contribution in [0.15, 0.2) is 32.5 Å². The Morgan fingerprint density at radius 3 is 2.32 bits per heavy atom. The molecule has 1 aromatic carbocycles. The molecule has 1 aromatic heterocycles. The Kier molecular flexibility index (Phi) is 5.06. The molecule has 0 aliphatic heterocycles. The normalized spacial score (nSPS) is 12.5. The predicted molar refractivity (Wildman–Crippen MR) is 88.1 cm³/mol. The average molecular weight is 405 g/mol. The molecule has 2 N–H and O–H groups in total. The summed E-state index contributed by atoms with van der Waals surface area (Å²) in [6.07, 6.45) is -0.101. The summed E-state index contributed by atoms with van der Waals surface area (Å²) in [4.78, 5) is 1.13. The van der Waals surface area contributed by atoms with Gasteiger partial charge in [0.25, 0.3) is 0 Å². The highest BCUT2D eigenvalue weighted by Gasteiger charge is 2.15. The monoisotopic (exact) mass is 403 g/mol. The van der Waals surface area contributed by atoms with E-state index in [0.29, 0.717) is 6.54 Å². The van der Waals surface area contributed by atoms with Gasteiger partial charge < -0.3 is 10.5 Å². The van der Waals surface area contributed by atoms with Crippen LogP contribution in [-0.2, 0) is 0 Å². The van der Waals surface area contributed by atoms with Gasteiger partial charge in [-0.15, -0.1) is 11.3 Å². The highest BCUT2D eigenvalue weighted by molar-refractivity contribution is 9.11. The second-order valence-electron chi connectivity index (χ2n) is 4.36. The first-order chi connectivity index (χ1) is 9.01. The van der Waals surface area contributed by atoms with Gasteiger partial charge in [0, 0.05) is 15.9 Å². The molecule has 0 aliphatic rings. The van der Waals surface area contributed by atoms with E-state index in [1.54, 1.807) is 11.3 Å². The molecule has 0 aliphatic carbocycles. The minimum atomic E-state index is -0.101. The number of ether oxygens (including phenoxy) is 1. The Bertz CT molecular complexity index is 560. The van der Waals surface area contributed by atoms with Crippen molar-refractivity contribution in [2.45, 2.75) is 20.0 Å². The summed E-state index contributed by atoms with van der Waals surface area (Å²) in [6.45, 7) is 4.58. The molecule has 0 saturated heterocycles. The summed E-state index contributed by atoms with van der Waals surface area (Å²) in [7, 11) is 0. The van der Waals surface area contributed by atoms with Gasteiger partial charge in [0.15, 0.2) is 0 Å². The van der Waals surface area contributed by atoms with E-state index in [1.807, 2.05) is 24.3 Å². The fraction of sp³-hybridized carbons (Fsp3) is 0.286. The lowest BCUT2D eigenvalue weighted by molar-refractivity contribution is 0.218. The van der Waals surface area contributed by atoms with Crippen molar-refractivity contribution in [3.05, 3.63) is 48.5 Å². The van der Waals surface area contributed by atoms with Gasteiger partial charge in [0.1, 0.15) is 11.9 Å². The zero-order chi connectivity index (χ0) is 14.0. The van der Waals surface area contributed by atoms with Gasteiger partial charge >= 0.3 is 0 Å². The van der Waals surface area contributed by atoms with Crippen LogP contribution in [0.3, 0.4) is 0 Å². The van der Waals surface area contributed by atoms with Gasteiger partial charge in [0.05, 0.1) is 3.79 Å². The quantitative estimate of drug-likeness (QED) is 0.780. The minimum absolute atomic E-state index is 0.101. The first-order valence-corrected chi connectivity index (χ1v) is 8.30. The van der Waals surface area contributed by atoms with Crippen LogP contribution in [0, 0.1) is 13.8 Å². The van der Waals surface area contributed by atoms with E-state index in [-0.39, 0.29) is 6.10 Å². The molecule has 0 spiro atoms.